The van der Waals surface area contributed by atoms with Crippen molar-refractivity contribution in [1.82, 2.24) is 0 Å². The first-order valence-electron chi connectivity index (χ1n) is 7.20. The number of nitriles is 1. The molecule has 0 aromatic heterocycles. The third-order valence-electron chi connectivity index (χ3n) is 3.94. The first-order chi connectivity index (χ1) is 10.2. The molecule has 1 N–H and O–H groups in total. The maximum Gasteiger partial charge on any atom is 0.101 e. The van der Waals surface area contributed by atoms with Crippen molar-refractivity contribution in [2.24, 2.45) is 5.92 Å². The number of benzene rings is 2. The van der Waals surface area contributed by atoms with E-state index in [1.54, 1.807) is 6.07 Å². The lowest BCUT2D eigenvalue weighted by Gasteiger charge is -2.20. The van der Waals surface area contributed by atoms with Crippen LogP contribution in [0.2, 0.25) is 5.02 Å². The minimum Gasteiger partial charge on any atom is -0.378 e. The molecule has 1 aliphatic rings. The third-order valence-corrected chi connectivity index (χ3v) is 4.25. The molecular formula is C18H17ClN2. The Hall–Kier alpha value is -1.98. The smallest absolute Gasteiger partial charge is 0.101 e. The van der Waals surface area contributed by atoms with Crippen LogP contribution < -0.4 is 5.32 Å². The summed E-state index contributed by atoms with van der Waals surface area (Å²) < 4.78 is 0. The van der Waals surface area contributed by atoms with Crippen LogP contribution in [0, 0.1) is 24.2 Å². The van der Waals surface area contributed by atoms with Gasteiger partial charge in [-0.3, -0.25) is 0 Å². The van der Waals surface area contributed by atoms with Crippen LogP contribution in [0.5, 0.6) is 0 Å². The second-order valence-corrected chi connectivity index (χ2v) is 6.08. The molecule has 0 radical (unpaired) electrons. The Bertz CT molecular complexity index is 681. The van der Waals surface area contributed by atoms with Gasteiger partial charge in [-0.25, -0.2) is 0 Å². The highest BCUT2D eigenvalue weighted by molar-refractivity contribution is 6.32. The number of halogens is 1. The van der Waals surface area contributed by atoms with Gasteiger partial charge in [0.2, 0.25) is 0 Å². The Labute approximate surface area is 130 Å². The standard InChI is InChI=1S/C18H17ClN2/c1-12-2-4-13(5-3-12)18(14-6-7-14)21-16-9-8-15(11-20)17(19)10-16/h2-5,8-10,14,18,21H,6-7H2,1H3. The Morgan fingerprint density at radius 2 is 1.90 bits per heavy atom. The monoisotopic (exact) mass is 296 g/mol. The van der Waals surface area contributed by atoms with Crippen LogP contribution in [-0.4, -0.2) is 0 Å². The van der Waals surface area contributed by atoms with Crippen molar-refractivity contribution in [3.05, 3.63) is 64.2 Å². The number of nitrogens with one attached hydrogen (secondary N) is 1. The van der Waals surface area contributed by atoms with E-state index in [-0.39, 0.29) is 0 Å². The predicted molar refractivity (Wildman–Crippen MR) is 86.4 cm³/mol. The molecule has 1 fully saturated rings. The minimum absolute atomic E-state index is 0.314. The summed E-state index contributed by atoms with van der Waals surface area (Å²) in [7, 11) is 0. The Morgan fingerprint density at radius 3 is 2.48 bits per heavy atom. The van der Waals surface area contributed by atoms with Gasteiger partial charge in [0, 0.05) is 5.69 Å². The fourth-order valence-electron chi connectivity index (χ4n) is 2.55. The van der Waals surface area contributed by atoms with Gasteiger partial charge in [-0.2, -0.15) is 5.26 Å². The molecule has 0 saturated heterocycles. The molecule has 0 heterocycles. The summed E-state index contributed by atoms with van der Waals surface area (Å²) >= 11 is 6.11. The van der Waals surface area contributed by atoms with Gasteiger partial charge in [-0.05, 0) is 49.4 Å². The van der Waals surface area contributed by atoms with Gasteiger partial charge in [-0.1, -0.05) is 41.4 Å². The maximum atomic E-state index is 8.94. The van der Waals surface area contributed by atoms with Crippen LogP contribution in [0.4, 0.5) is 5.69 Å². The zero-order valence-electron chi connectivity index (χ0n) is 11.9. The fourth-order valence-corrected chi connectivity index (χ4v) is 2.77. The van der Waals surface area contributed by atoms with Gasteiger partial charge in [0.1, 0.15) is 6.07 Å². The number of nitrogens with zero attached hydrogens (tertiary/aromatic N) is 1. The van der Waals surface area contributed by atoms with Crippen LogP contribution in [0.25, 0.3) is 0 Å². The van der Waals surface area contributed by atoms with E-state index in [0.717, 1.165) is 5.69 Å². The van der Waals surface area contributed by atoms with Gasteiger partial charge >= 0.3 is 0 Å². The quantitative estimate of drug-likeness (QED) is 0.853. The number of anilines is 1. The van der Waals surface area contributed by atoms with Crippen molar-refractivity contribution in [2.75, 3.05) is 5.32 Å². The van der Waals surface area contributed by atoms with E-state index in [9.17, 15) is 0 Å². The predicted octanol–water partition coefficient (Wildman–Crippen LogP) is 5.08. The van der Waals surface area contributed by atoms with Crippen LogP contribution in [0.1, 0.15) is 35.6 Å². The normalized spacial score (nSPS) is 15.3. The Kier molecular flexibility index (Phi) is 3.86. The number of aryl methyl sites for hydroxylation is 1. The second kappa shape index (κ2) is 5.79. The molecule has 1 atom stereocenters. The van der Waals surface area contributed by atoms with E-state index in [0.29, 0.717) is 22.5 Å². The van der Waals surface area contributed by atoms with E-state index in [1.165, 1.54) is 24.0 Å². The molecule has 0 spiro atoms. The van der Waals surface area contributed by atoms with Gasteiger partial charge in [0.05, 0.1) is 16.6 Å². The van der Waals surface area contributed by atoms with Crippen molar-refractivity contribution in [3.63, 3.8) is 0 Å². The Morgan fingerprint density at radius 1 is 1.19 bits per heavy atom. The summed E-state index contributed by atoms with van der Waals surface area (Å²) in [6, 6.07) is 16.6. The molecule has 0 aliphatic heterocycles. The van der Waals surface area contributed by atoms with E-state index < -0.39 is 0 Å². The summed E-state index contributed by atoms with van der Waals surface area (Å²) in [5, 5.41) is 13.0. The lowest BCUT2D eigenvalue weighted by Crippen LogP contribution is -2.13. The average Bonchev–Trinajstić information content (AvgIpc) is 3.31. The zero-order valence-corrected chi connectivity index (χ0v) is 12.7. The average molecular weight is 297 g/mol. The summed E-state index contributed by atoms with van der Waals surface area (Å²) in [4.78, 5) is 0. The molecule has 2 aromatic carbocycles. The summed E-state index contributed by atoms with van der Waals surface area (Å²) in [6.45, 7) is 2.10. The maximum absolute atomic E-state index is 8.94. The number of hydrogen-bond donors (Lipinski definition) is 1. The molecular weight excluding hydrogens is 280 g/mol. The molecule has 1 aliphatic carbocycles. The zero-order chi connectivity index (χ0) is 14.8. The summed E-state index contributed by atoms with van der Waals surface area (Å²) in [6.07, 6.45) is 2.52. The fraction of sp³-hybridized carbons (Fsp3) is 0.278. The highest BCUT2D eigenvalue weighted by atomic mass is 35.5. The first-order valence-corrected chi connectivity index (χ1v) is 7.58. The number of rotatable bonds is 4. The summed E-state index contributed by atoms with van der Waals surface area (Å²) in [5.74, 6) is 0.683. The molecule has 2 aromatic rings. The summed E-state index contributed by atoms with van der Waals surface area (Å²) in [5.41, 5.74) is 4.07. The van der Waals surface area contributed by atoms with Crippen molar-refractivity contribution >= 4 is 17.3 Å². The lowest BCUT2D eigenvalue weighted by molar-refractivity contribution is 0.679. The van der Waals surface area contributed by atoms with Crippen molar-refractivity contribution in [3.8, 4) is 6.07 Å². The molecule has 106 valence electrons. The van der Waals surface area contributed by atoms with Crippen LogP contribution in [0.3, 0.4) is 0 Å². The van der Waals surface area contributed by atoms with Crippen LogP contribution in [0.15, 0.2) is 42.5 Å². The van der Waals surface area contributed by atoms with Gasteiger partial charge in [-0.15, -0.1) is 0 Å². The van der Waals surface area contributed by atoms with E-state index in [1.807, 2.05) is 12.1 Å². The third kappa shape index (κ3) is 3.20. The Balaban J connectivity index is 1.84. The molecule has 0 amide bonds. The molecule has 3 rings (SSSR count). The molecule has 1 saturated carbocycles. The lowest BCUT2D eigenvalue weighted by atomic mass is 10.0. The second-order valence-electron chi connectivity index (χ2n) is 5.68. The van der Waals surface area contributed by atoms with Crippen molar-refractivity contribution in [2.45, 2.75) is 25.8 Å². The molecule has 0 bridgehead atoms. The molecule has 2 nitrogen and oxygen atoms in total. The molecule has 3 heteroatoms. The van der Waals surface area contributed by atoms with Crippen LogP contribution >= 0.6 is 11.6 Å². The SMILES string of the molecule is Cc1ccc(C(Nc2ccc(C#N)c(Cl)c2)C2CC2)cc1. The number of hydrogen-bond acceptors (Lipinski definition) is 2. The van der Waals surface area contributed by atoms with E-state index in [4.69, 9.17) is 16.9 Å². The topological polar surface area (TPSA) is 35.8 Å². The first kappa shape index (κ1) is 14.0. The molecule has 21 heavy (non-hydrogen) atoms. The largest absolute Gasteiger partial charge is 0.378 e. The van der Waals surface area contributed by atoms with Crippen molar-refractivity contribution in [1.29, 1.82) is 5.26 Å². The van der Waals surface area contributed by atoms with E-state index >= 15 is 0 Å². The highest BCUT2D eigenvalue weighted by Crippen LogP contribution is 2.43. The van der Waals surface area contributed by atoms with Crippen LogP contribution in [-0.2, 0) is 0 Å². The van der Waals surface area contributed by atoms with Gasteiger partial charge < -0.3 is 5.32 Å². The minimum atomic E-state index is 0.314. The van der Waals surface area contributed by atoms with Crippen molar-refractivity contribution < 1.29 is 0 Å². The van der Waals surface area contributed by atoms with E-state index in [2.05, 4.69) is 42.6 Å². The highest BCUT2D eigenvalue weighted by Gasteiger charge is 2.32. The molecule has 1 unspecified atom stereocenters. The van der Waals surface area contributed by atoms with Gasteiger partial charge in [0.25, 0.3) is 0 Å². The van der Waals surface area contributed by atoms with Gasteiger partial charge in [0.15, 0.2) is 0 Å².